The first kappa shape index (κ1) is 10.0. The van der Waals surface area contributed by atoms with Crippen LogP contribution in [0.2, 0.25) is 0 Å². The highest BCUT2D eigenvalue weighted by Gasteiger charge is 2.11. The van der Waals surface area contributed by atoms with Gasteiger partial charge >= 0.3 is 5.97 Å². The summed E-state index contributed by atoms with van der Waals surface area (Å²) in [6, 6.07) is 2.83. The van der Waals surface area contributed by atoms with E-state index in [1.807, 2.05) is 0 Å². The second-order valence-corrected chi connectivity index (χ2v) is 3.00. The average Bonchev–Trinajstić information content (AvgIpc) is 2.66. The molecule has 8 heteroatoms. The van der Waals surface area contributed by atoms with E-state index in [-0.39, 0.29) is 12.1 Å². The van der Waals surface area contributed by atoms with Gasteiger partial charge in [-0.15, -0.1) is 5.10 Å². The van der Waals surface area contributed by atoms with E-state index in [9.17, 15) is 9.59 Å². The summed E-state index contributed by atoms with van der Waals surface area (Å²) < 4.78 is 1.13. The summed E-state index contributed by atoms with van der Waals surface area (Å²) in [6.07, 6.45) is 1.42. The SMILES string of the molecule is O=C(O)Cn1nnnc1-c1ccc(=O)[nH]c1. The smallest absolute Gasteiger partial charge is 0.325 e. The molecule has 0 atom stereocenters. The second kappa shape index (κ2) is 3.93. The fraction of sp³-hybridized carbons (Fsp3) is 0.125. The molecular weight excluding hydrogens is 214 g/mol. The minimum atomic E-state index is -1.04. The third-order valence-corrected chi connectivity index (χ3v) is 1.86. The minimum Gasteiger partial charge on any atom is -0.480 e. The van der Waals surface area contributed by atoms with Crippen LogP contribution in [-0.2, 0) is 11.3 Å². The van der Waals surface area contributed by atoms with Crippen molar-refractivity contribution in [2.75, 3.05) is 0 Å². The van der Waals surface area contributed by atoms with Crippen molar-refractivity contribution in [3.05, 3.63) is 28.7 Å². The first-order chi connectivity index (χ1) is 7.66. The first-order valence-electron chi connectivity index (χ1n) is 4.34. The Labute approximate surface area is 88.5 Å². The van der Waals surface area contributed by atoms with Crippen molar-refractivity contribution >= 4 is 5.97 Å². The van der Waals surface area contributed by atoms with Crippen molar-refractivity contribution in [3.8, 4) is 11.4 Å². The van der Waals surface area contributed by atoms with E-state index in [2.05, 4.69) is 20.5 Å². The van der Waals surface area contributed by atoms with Gasteiger partial charge in [0.1, 0.15) is 6.54 Å². The first-order valence-corrected chi connectivity index (χ1v) is 4.34. The average molecular weight is 221 g/mol. The minimum absolute atomic E-state index is 0.249. The lowest BCUT2D eigenvalue weighted by Gasteiger charge is -2.00. The molecule has 2 rings (SSSR count). The number of tetrazole rings is 1. The van der Waals surface area contributed by atoms with E-state index in [0.717, 1.165) is 4.68 Å². The molecule has 0 aliphatic rings. The molecule has 2 aromatic rings. The molecule has 0 aromatic carbocycles. The predicted molar refractivity (Wildman–Crippen MR) is 51.5 cm³/mol. The van der Waals surface area contributed by atoms with Gasteiger partial charge in [-0.3, -0.25) is 9.59 Å². The lowest BCUT2D eigenvalue weighted by Crippen LogP contribution is -2.12. The number of aromatic nitrogens is 5. The van der Waals surface area contributed by atoms with Crippen molar-refractivity contribution < 1.29 is 9.90 Å². The highest BCUT2D eigenvalue weighted by atomic mass is 16.4. The van der Waals surface area contributed by atoms with Gasteiger partial charge in [-0.05, 0) is 16.5 Å². The number of nitrogens with one attached hydrogen (secondary N) is 1. The summed E-state index contributed by atoms with van der Waals surface area (Å²) in [5, 5.41) is 19.2. The number of carbonyl (C=O) groups is 1. The molecule has 0 saturated heterocycles. The van der Waals surface area contributed by atoms with Crippen LogP contribution in [0.3, 0.4) is 0 Å². The molecule has 0 aliphatic heterocycles. The number of hydrogen-bond donors (Lipinski definition) is 2. The Kier molecular flexibility index (Phi) is 2.46. The molecule has 0 unspecified atom stereocenters. The van der Waals surface area contributed by atoms with Gasteiger partial charge in [0.2, 0.25) is 5.56 Å². The van der Waals surface area contributed by atoms with Crippen LogP contribution in [0.5, 0.6) is 0 Å². The molecule has 0 radical (unpaired) electrons. The number of H-pyrrole nitrogens is 1. The Bertz CT molecular complexity index is 553. The Hall–Kier alpha value is -2.51. The molecule has 2 aromatic heterocycles. The highest BCUT2D eigenvalue weighted by Crippen LogP contribution is 2.11. The lowest BCUT2D eigenvalue weighted by molar-refractivity contribution is -0.137. The monoisotopic (exact) mass is 221 g/mol. The van der Waals surface area contributed by atoms with Crippen molar-refractivity contribution in [2.24, 2.45) is 0 Å². The molecule has 0 bridgehead atoms. The van der Waals surface area contributed by atoms with Crippen LogP contribution < -0.4 is 5.56 Å². The van der Waals surface area contributed by atoms with Gasteiger partial charge in [0.05, 0.1) is 0 Å². The zero-order chi connectivity index (χ0) is 11.5. The highest BCUT2D eigenvalue weighted by molar-refractivity contribution is 5.67. The van der Waals surface area contributed by atoms with Crippen molar-refractivity contribution in [3.63, 3.8) is 0 Å². The summed E-state index contributed by atoms with van der Waals surface area (Å²) in [5.41, 5.74) is 0.298. The van der Waals surface area contributed by atoms with Crippen molar-refractivity contribution in [1.82, 2.24) is 25.2 Å². The molecule has 16 heavy (non-hydrogen) atoms. The van der Waals surface area contributed by atoms with Gasteiger partial charge in [0.25, 0.3) is 0 Å². The fourth-order valence-electron chi connectivity index (χ4n) is 1.20. The zero-order valence-corrected chi connectivity index (χ0v) is 7.99. The number of carboxylic acids is 1. The predicted octanol–water partition coefficient (Wildman–Crippen LogP) is -0.887. The summed E-state index contributed by atoms with van der Waals surface area (Å²) in [5.74, 6) is -0.753. The number of rotatable bonds is 3. The molecule has 0 spiro atoms. The Balaban J connectivity index is 2.40. The molecule has 2 N–H and O–H groups in total. The largest absolute Gasteiger partial charge is 0.480 e. The van der Waals surface area contributed by atoms with Crippen LogP contribution in [0.1, 0.15) is 0 Å². The standard InChI is InChI=1S/C8H7N5O3/c14-6-2-1-5(3-9-6)8-10-11-12-13(8)4-7(15)16/h1-3H,4H2,(H,9,14)(H,15,16). The molecular formula is C8H7N5O3. The summed E-state index contributed by atoms with van der Waals surface area (Å²) in [4.78, 5) is 23.8. The third-order valence-electron chi connectivity index (χ3n) is 1.86. The summed E-state index contributed by atoms with van der Waals surface area (Å²) >= 11 is 0. The normalized spacial score (nSPS) is 10.2. The van der Waals surface area contributed by atoms with E-state index in [0.29, 0.717) is 11.4 Å². The number of aromatic amines is 1. The molecule has 0 fully saturated rings. The quantitative estimate of drug-likeness (QED) is 0.695. The van der Waals surface area contributed by atoms with Crippen LogP contribution >= 0.6 is 0 Å². The topological polar surface area (TPSA) is 114 Å². The number of hydrogen-bond acceptors (Lipinski definition) is 5. The molecule has 2 heterocycles. The number of nitrogens with zero attached hydrogens (tertiary/aromatic N) is 4. The molecule has 0 amide bonds. The van der Waals surface area contributed by atoms with Crippen LogP contribution in [-0.4, -0.2) is 36.3 Å². The third kappa shape index (κ3) is 1.95. The van der Waals surface area contributed by atoms with Crippen LogP contribution in [0.15, 0.2) is 23.1 Å². The molecule has 8 nitrogen and oxygen atoms in total. The van der Waals surface area contributed by atoms with E-state index in [1.54, 1.807) is 0 Å². The number of pyridine rings is 1. The molecule has 0 saturated carbocycles. The van der Waals surface area contributed by atoms with Crippen molar-refractivity contribution in [2.45, 2.75) is 6.54 Å². The van der Waals surface area contributed by atoms with Gasteiger partial charge in [0.15, 0.2) is 5.82 Å². The Morgan fingerprint density at radius 1 is 1.50 bits per heavy atom. The molecule has 82 valence electrons. The zero-order valence-electron chi connectivity index (χ0n) is 7.99. The van der Waals surface area contributed by atoms with Gasteiger partial charge in [-0.25, -0.2) is 4.68 Å². The van der Waals surface area contributed by atoms with Gasteiger partial charge in [-0.2, -0.15) is 0 Å². The maximum atomic E-state index is 10.8. The summed E-state index contributed by atoms with van der Waals surface area (Å²) in [6.45, 7) is -0.332. The maximum Gasteiger partial charge on any atom is 0.325 e. The van der Waals surface area contributed by atoms with Gasteiger partial charge < -0.3 is 10.1 Å². The van der Waals surface area contributed by atoms with Crippen molar-refractivity contribution in [1.29, 1.82) is 0 Å². The Morgan fingerprint density at radius 2 is 2.31 bits per heavy atom. The fourth-order valence-corrected chi connectivity index (χ4v) is 1.20. The van der Waals surface area contributed by atoms with Crippen LogP contribution in [0, 0.1) is 0 Å². The van der Waals surface area contributed by atoms with E-state index < -0.39 is 5.97 Å². The summed E-state index contributed by atoms with van der Waals surface area (Å²) in [7, 11) is 0. The Morgan fingerprint density at radius 3 is 2.94 bits per heavy atom. The lowest BCUT2D eigenvalue weighted by atomic mass is 10.3. The number of carboxylic acid groups (broad SMARTS) is 1. The second-order valence-electron chi connectivity index (χ2n) is 3.00. The number of aliphatic carboxylic acids is 1. The van der Waals surface area contributed by atoms with Gasteiger partial charge in [-0.1, -0.05) is 0 Å². The van der Waals surface area contributed by atoms with E-state index >= 15 is 0 Å². The molecule has 0 aliphatic carbocycles. The van der Waals surface area contributed by atoms with E-state index in [1.165, 1.54) is 18.3 Å². The van der Waals surface area contributed by atoms with E-state index in [4.69, 9.17) is 5.11 Å². The maximum absolute atomic E-state index is 10.8. The van der Waals surface area contributed by atoms with Crippen LogP contribution in [0.25, 0.3) is 11.4 Å². The van der Waals surface area contributed by atoms with Gasteiger partial charge in [0, 0.05) is 17.8 Å². The van der Waals surface area contributed by atoms with Crippen LogP contribution in [0.4, 0.5) is 0 Å².